The highest BCUT2D eigenvalue weighted by Gasteiger charge is 2.11. The van der Waals surface area contributed by atoms with E-state index in [4.69, 9.17) is 0 Å². The van der Waals surface area contributed by atoms with Crippen molar-refractivity contribution in [3.63, 3.8) is 0 Å². The van der Waals surface area contributed by atoms with Gasteiger partial charge in [-0.05, 0) is 37.8 Å². The van der Waals surface area contributed by atoms with E-state index < -0.39 is 6.61 Å². The Morgan fingerprint density at radius 3 is 2.84 bits per heavy atom. The Morgan fingerprint density at radius 1 is 1.26 bits per heavy atom. The van der Waals surface area contributed by atoms with Crippen LogP contribution in [0.1, 0.15) is 24.8 Å². The topological polar surface area (TPSA) is 21.3 Å². The van der Waals surface area contributed by atoms with Crippen molar-refractivity contribution < 1.29 is 13.5 Å². The van der Waals surface area contributed by atoms with Gasteiger partial charge in [0.1, 0.15) is 5.75 Å². The Labute approximate surface area is 112 Å². The molecule has 1 N–H and O–H groups in total. The van der Waals surface area contributed by atoms with Crippen LogP contribution in [0.4, 0.5) is 8.78 Å². The molecule has 0 spiro atoms. The standard InChI is InChI=1S/C15H19F2NO/c16-15(17)19-14-9-5-4-8-13(14)11-18-10-12-6-2-1-3-7-12/h1-2,4-5,8-9,12,15,18H,3,6-7,10-11H2. The van der Waals surface area contributed by atoms with E-state index in [1.807, 2.05) is 12.1 Å². The second-order valence-corrected chi connectivity index (χ2v) is 4.77. The molecule has 1 aromatic carbocycles. The number of alkyl halides is 2. The molecule has 0 fully saturated rings. The summed E-state index contributed by atoms with van der Waals surface area (Å²) in [5.74, 6) is 0.904. The van der Waals surface area contributed by atoms with Crippen molar-refractivity contribution in [2.45, 2.75) is 32.4 Å². The van der Waals surface area contributed by atoms with E-state index in [2.05, 4.69) is 22.2 Å². The van der Waals surface area contributed by atoms with Gasteiger partial charge in [0, 0.05) is 12.1 Å². The van der Waals surface area contributed by atoms with E-state index in [0.29, 0.717) is 12.5 Å². The zero-order valence-electron chi connectivity index (χ0n) is 10.8. The summed E-state index contributed by atoms with van der Waals surface area (Å²) in [6.45, 7) is -1.30. The molecule has 1 atom stereocenters. The molecule has 19 heavy (non-hydrogen) atoms. The van der Waals surface area contributed by atoms with E-state index in [-0.39, 0.29) is 5.75 Å². The van der Waals surface area contributed by atoms with E-state index in [1.54, 1.807) is 12.1 Å². The third-order valence-electron chi connectivity index (χ3n) is 3.31. The average Bonchev–Trinajstić information content (AvgIpc) is 2.41. The summed E-state index contributed by atoms with van der Waals surface area (Å²) in [7, 11) is 0. The van der Waals surface area contributed by atoms with Crippen LogP contribution < -0.4 is 10.1 Å². The molecule has 0 bridgehead atoms. The van der Waals surface area contributed by atoms with Crippen LogP contribution in [0.25, 0.3) is 0 Å². The summed E-state index contributed by atoms with van der Waals surface area (Å²) in [6, 6.07) is 6.92. The zero-order chi connectivity index (χ0) is 13.5. The molecule has 0 radical (unpaired) electrons. The quantitative estimate of drug-likeness (QED) is 0.793. The first kappa shape index (κ1) is 14.0. The van der Waals surface area contributed by atoms with Crippen LogP contribution in [-0.2, 0) is 6.54 Å². The normalized spacial score (nSPS) is 18.8. The van der Waals surface area contributed by atoms with Crippen molar-refractivity contribution in [1.29, 1.82) is 0 Å². The number of ether oxygens (including phenoxy) is 1. The van der Waals surface area contributed by atoms with Gasteiger partial charge in [-0.15, -0.1) is 0 Å². The van der Waals surface area contributed by atoms with Gasteiger partial charge in [0.2, 0.25) is 0 Å². The lowest BCUT2D eigenvalue weighted by atomic mass is 9.94. The molecule has 0 aromatic heterocycles. The molecule has 104 valence electrons. The fourth-order valence-corrected chi connectivity index (χ4v) is 2.31. The van der Waals surface area contributed by atoms with Crippen molar-refractivity contribution in [2.24, 2.45) is 5.92 Å². The first-order valence-corrected chi connectivity index (χ1v) is 6.64. The van der Waals surface area contributed by atoms with Crippen molar-refractivity contribution in [3.05, 3.63) is 42.0 Å². The largest absolute Gasteiger partial charge is 0.434 e. The van der Waals surface area contributed by atoms with Gasteiger partial charge in [0.15, 0.2) is 0 Å². The van der Waals surface area contributed by atoms with E-state index in [0.717, 1.165) is 24.9 Å². The number of hydrogen-bond acceptors (Lipinski definition) is 2. The molecule has 0 saturated heterocycles. The van der Waals surface area contributed by atoms with Gasteiger partial charge in [0.05, 0.1) is 0 Å². The molecule has 0 aliphatic heterocycles. The number of hydrogen-bond donors (Lipinski definition) is 1. The van der Waals surface area contributed by atoms with Crippen molar-refractivity contribution >= 4 is 0 Å². The highest BCUT2D eigenvalue weighted by Crippen LogP contribution is 2.21. The van der Waals surface area contributed by atoms with Crippen LogP contribution in [0.15, 0.2) is 36.4 Å². The van der Waals surface area contributed by atoms with E-state index >= 15 is 0 Å². The number of benzene rings is 1. The maximum absolute atomic E-state index is 12.3. The molecule has 2 nitrogen and oxygen atoms in total. The van der Waals surface area contributed by atoms with Crippen LogP contribution in [0.5, 0.6) is 5.75 Å². The fourth-order valence-electron chi connectivity index (χ4n) is 2.31. The van der Waals surface area contributed by atoms with Gasteiger partial charge < -0.3 is 10.1 Å². The Morgan fingerprint density at radius 2 is 2.11 bits per heavy atom. The second-order valence-electron chi connectivity index (χ2n) is 4.77. The SMILES string of the molecule is FC(F)Oc1ccccc1CNCC1CC=CCC1. The predicted molar refractivity (Wildman–Crippen MR) is 71.3 cm³/mol. The highest BCUT2D eigenvalue weighted by atomic mass is 19.3. The third-order valence-corrected chi connectivity index (χ3v) is 3.31. The molecule has 1 aliphatic carbocycles. The minimum absolute atomic E-state index is 0.258. The Kier molecular flexibility index (Phi) is 5.33. The zero-order valence-corrected chi connectivity index (χ0v) is 10.8. The lowest BCUT2D eigenvalue weighted by molar-refractivity contribution is -0.0505. The van der Waals surface area contributed by atoms with E-state index in [1.165, 1.54) is 6.42 Å². The number of rotatable bonds is 6. The summed E-state index contributed by atoms with van der Waals surface area (Å²) in [6.07, 6.45) is 7.85. The fraction of sp³-hybridized carbons (Fsp3) is 0.467. The summed E-state index contributed by atoms with van der Waals surface area (Å²) in [4.78, 5) is 0. The lowest BCUT2D eigenvalue weighted by Crippen LogP contribution is -2.23. The van der Waals surface area contributed by atoms with Gasteiger partial charge in [-0.25, -0.2) is 0 Å². The summed E-state index contributed by atoms with van der Waals surface area (Å²) >= 11 is 0. The maximum atomic E-state index is 12.3. The Bertz CT molecular complexity index is 420. The minimum atomic E-state index is -2.77. The minimum Gasteiger partial charge on any atom is -0.434 e. The average molecular weight is 267 g/mol. The number of allylic oxidation sites excluding steroid dienone is 2. The third kappa shape index (κ3) is 4.63. The highest BCUT2D eigenvalue weighted by molar-refractivity contribution is 5.33. The first-order valence-electron chi connectivity index (χ1n) is 6.64. The first-order chi connectivity index (χ1) is 9.25. The molecule has 1 unspecified atom stereocenters. The van der Waals surface area contributed by atoms with Crippen LogP contribution in [0.3, 0.4) is 0 Å². The second kappa shape index (κ2) is 7.24. The molecule has 0 heterocycles. The lowest BCUT2D eigenvalue weighted by Gasteiger charge is -2.18. The van der Waals surface area contributed by atoms with Crippen LogP contribution in [0.2, 0.25) is 0 Å². The van der Waals surface area contributed by atoms with Gasteiger partial charge in [-0.1, -0.05) is 30.4 Å². The van der Waals surface area contributed by atoms with Crippen molar-refractivity contribution in [2.75, 3.05) is 6.54 Å². The summed E-state index contributed by atoms with van der Waals surface area (Å²) in [5.41, 5.74) is 0.772. The molecular formula is C15H19F2NO. The van der Waals surface area contributed by atoms with Gasteiger partial charge in [0.25, 0.3) is 0 Å². The Hall–Kier alpha value is -1.42. The Balaban J connectivity index is 1.83. The summed E-state index contributed by atoms with van der Waals surface area (Å²) < 4.78 is 29.0. The van der Waals surface area contributed by atoms with Crippen molar-refractivity contribution in [3.8, 4) is 5.75 Å². The molecule has 1 aliphatic rings. The van der Waals surface area contributed by atoms with Gasteiger partial charge in [-0.3, -0.25) is 0 Å². The smallest absolute Gasteiger partial charge is 0.387 e. The monoisotopic (exact) mass is 267 g/mol. The van der Waals surface area contributed by atoms with Crippen LogP contribution in [0, 0.1) is 5.92 Å². The van der Waals surface area contributed by atoms with Crippen LogP contribution in [-0.4, -0.2) is 13.2 Å². The molecule has 0 saturated carbocycles. The van der Waals surface area contributed by atoms with Crippen LogP contribution >= 0.6 is 0 Å². The summed E-state index contributed by atoms with van der Waals surface area (Å²) in [5, 5.41) is 3.33. The van der Waals surface area contributed by atoms with Gasteiger partial charge in [-0.2, -0.15) is 8.78 Å². The maximum Gasteiger partial charge on any atom is 0.387 e. The predicted octanol–water partition coefficient (Wildman–Crippen LogP) is 3.73. The molecule has 2 rings (SSSR count). The number of nitrogens with one attached hydrogen (secondary N) is 1. The molecule has 4 heteroatoms. The molecule has 0 amide bonds. The van der Waals surface area contributed by atoms with E-state index in [9.17, 15) is 8.78 Å². The molecular weight excluding hydrogens is 248 g/mol. The number of para-hydroxylation sites is 1. The molecule has 1 aromatic rings. The van der Waals surface area contributed by atoms with Crippen molar-refractivity contribution in [1.82, 2.24) is 5.32 Å². The van der Waals surface area contributed by atoms with Gasteiger partial charge >= 0.3 is 6.61 Å². The number of halogens is 2.